The van der Waals surface area contributed by atoms with E-state index in [0.717, 1.165) is 17.7 Å². The maximum Gasteiger partial charge on any atom is 0.252 e. The number of carbonyl (C=O) groups excluding carboxylic acids is 1. The van der Waals surface area contributed by atoms with Crippen molar-refractivity contribution in [2.45, 2.75) is 40.0 Å². The summed E-state index contributed by atoms with van der Waals surface area (Å²) in [5.41, 5.74) is 9.75. The maximum absolute atomic E-state index is 11.7. The van der Waals surface area contributed by atoms with Crippen LogP contribution in [0.3, 0.4) is 0 Å². The third kappa shape index (κ3) is 3.21. The van der Waals surface area contributed by atoms with Gasteiger partial charge in [0, 0.05) is 12.6 Å². The number of nitrogens with two attached hydrogens (primary N) is 1. The number of benzene rings is 1. The van der Waals surface area contributed by atoms with Crippen molar-refractivity contribution in [1.82, 2.24) is 9.78 Å². The largest absolute Gasteiger partial charge is 0.365 e. The molecule has 4 nitrogen and oxygen atoms in total. The van der Waals surface area contributed by atoms with Crippen molar-refractivity contribution in [3.05, 3.63) is 41.1 Å². The first-order valence-corrected chi connectivity index (χ1v) is 7.75. The van der Waals surface area contributed by atoms with Crippen LogP contribution in [0.5, 0.6) is 0 Å². The van der Waals surface area contributed by atoms with Gasteiger partial charge in [0.2, 0.25) is 0 Å². The molecule has 22 heavy (non-hydrogen) atoms. The molecule has 1 heterocycles. The molecule has 0 aliphatic heterocycles. The Morgan fingerprint density at radius 3 is 2.32 bits per heavy atom. The highest BCUT2D eigenvalue weighted by Crippen LogP contribution is 2.29. The minimum absolute atomic E-state index is 0.433. The zero-order valence-electron chi connectivity index (χ0n) is 14.1. The molecule has 0 fully saturated rings. The summed E-state index contributed by atoms with van der Waals surface area (Å²) in [5.74, 6) is 0.770. The molecule has 0 saturated heterocycles. The number of amides is 1. The normalized spacial score (nSPS) is 12.6. The zero-order chi connectivity index (χ0) is 16.4. The second-order valence-electron chi connectivity index (χ2n) is 6.45. The monoisotopic (exact) mass is 299 g/mol. The van der Waals surface area contributed by atoms with E-state index in [4.69, 9.17) is 5.73 Å². The van der Waals surface area contributed by atoms with Gasteiger partial charge in [-0.05, 0) is 30.7 Å². The Labute approximate surface area is 132 Å². The summed E-state index contributed by atoms with van der Waals surface area (Å²) in [5, 5.41) is 4.32. The van der Waals surface area contributed by atoms with Crippen molar-refractivity contribution in [2.75, 3.05) is 0 Å². The molecule has 1 aromatic carbocycles. The number of primary amides is 1. The molecule has 1 unspecified atom stereocenters. The first-order chi connectivity index (χ1) is 10.3. The SMILES string of the molecule is Cc1nn(C)c(-c2ccc(C(C)CC(C)C)cc2)c1C(N)=O. The lowest BCUT2D eigenvalue weighted by Gasteiger charge is -2.15. The summed E-state index contributed by atoms with van der Waals surface area (Å²) in [6.07, 6.45) is 1.16. The molecule has 0 saturated carbocycles. The minimum Gasteiger partial charge on any atom is -0.365 e. The molecule has 1 atom stereocenters. The van der Waals surface area contributed by atoms with Crippen molar-refractivity contribution in [1.29, 1.82) is 0 Å². The smallest absolute Gasteiger partial charge is 0.252 e. The topological polar surface area (TPSA) is 60.9 Å². The van der Waals surface area contributed by atoms with Crippen LogP contribution in [-0.4, -0.2) is 15.7 Å². The van der Waals surface area contributed by atoms with Crippen LogP contribution in [0.15, 0.2) is 24.3 Å². The van der Waals surface area contributed by atoms with E-state index in [0.29, 0.717) is 23.1 Å². The fourth-order valence-corrected chi connectivity index (χ4v) is 3.10. The average molecular weight is 299 g/mol. The van der Waals surface area contributed by atoms with Gasteiger partial charge in [-0.2, -0.15) is 5.10 Å². The van der Waals surface area contributed by atoms with Crippen molar-refractivity contribution in [2.24, 2.45) is 18.7 Å². The molecule has 2 rings (SSSR count). The van der Waals surface area contributed by atoms with Gasteiger partial charge in [0.05, 0.1) is 17.0 Å². The summed E-state index contributed by atoms with van der Waals surface area (Å²) in [6, 6.07) is 8.37. The van der Waals surface area contributed by atoms with Crippen LogP contribution in [0.2, 0.25) is 0 Å². The number of carbonyl (C=O) groups is 1. The van der Waals surface area contributed by atoms with Crippen molar-refractivity contribution >= 4 is 5.91 Å². The number of nitrogens with zero attached hydrogens (tertiary/aromatic N) is 2. The highest BCUT2D eigenvalue weighted by Gasteiger charge is 2.19. The second-order valence-corrected chi connectivity index (χ2v) is 6.45. The van der Waals surface area contributed by atoms with Gasteiger partial charge in [0.15, 0.2) is 0 Å². The molecule has 1 amide bonds. The van der Waals surface area contributed by atoms with Crippen LogP contribution in [0.25, 0.3) is 11.3 Å². The van der Waals surface area contributed by atoms with E-state index in [1.54, 1.807) is 4.68 Å². The first kappa shape index (κ1) is 16.3. The lowest BCUT2D eigenvalue weighted by molar-refractivity contribution is 0.100. The van der Waals surface area contributed by atoms with Crippen LogP contribution >= 0.6 is 0 Å². The molecule has 0 radical (unpaired) electrons. The molecule has 0 aliphatic rings. The molecule has 0 spiro atoms. The summed E-state index contributed by atoms with van der Waals surface area (Å²) in [6.45, 7) is 8.53. The third-order valence-corrected chi connectivity index (χ3v) is 4.05. The Morgan fingerprint density at radius 2 is 1.82 bits per heavy atom. The Balaban J connectivity index is 2.38. The predicted octanol–water partition coefficient (Wildman–Crippen LogP) is 3.64. The van der Waals surface area contributed by atoms with Gasteiger partial charge in [-0.1, -0.05) is 45.0 Å². The highest BCUT2D eigenvalue weighted by atomic mass is 16.1. The molecular formula is C18H25N3O. The van der Waals surface area contributed by atoms with Gasteiger partial charge in [-0.25, -0.2) is 0 Å². The van der Waals surface area contributed by atoms with Crippen LogP contribution in [0.4, 0.5) is 0 Å². The summed E-state index contributed by atoms with van der Waals surface area (Å²) in [4.78, 5) is 11.7. The van der Waals surface area contributed by atoms with E-state index in [2.05, 4.69) is 50.1 Å². The number of aromatic nitrogens is 2. The van der Waals surface area contributed by atoms with E-state index in [1.165, 1.54) is 5.56 Å². The van der Waals surface area contributed by atoms with Crippen molar-refractivity contribution in [3.63, 3.8) is 0 Å². The first-order valence-electron chi connectivity index (χ1n) is 7.75. The zero-order valence-corrected chi connectivity index (χ0v) is 14.1. The van der Waals surface area contributed by atoms with Gasteiger partial charge in [0.25, 0.3) is 5.91 Å². The van der Waals surface area contributed by atoms with Crippen LogP contribution in [0, 0.1) is 12.8 Å². The van der Waals surface area contributed by atoms with Gasteiger partial charge in [-0.3, -0.25) is 9.48 Å². The molecule has 1 aromatic heterocycles. The predicted molar refractivity (Wildman–Crippen MR) is 89.8 cm³/mol. The summed E-state index contributed by atoms with van der Waals surface area (Å²) < 4.78 is 1.72. The van der Waals surface area contributed by atoms with Crippen LogP contribution in [0.1, 0.15) is 54.7 Å². The average Bonchev–Trinajstić information content (AvgIpc) is 2.73. The van der Waals surface area contributed by atoms with Gasteiger partial charge in [0.1, 0.15) is 0 Å². The number of aryl methyl sites for hydroxylation is 2. The van der Waals surface area contributed by atoms with Gasteiger partial charge < -0.3 is 5.73 Å². The fourth-order valence-electron chi connectivity index (χ4n) is 3.10. The molecule has 2 aromatic rings. The molecule has 118 valence electrons. The lowest BCUT2D eigenvalue weighted by atomic mass is 9.91. The quantitative estimate of drug-likeness (QED) is 0.916. The Hall–Kier alpha value is -2.10. The number of hydrogen-bond donors (Lipinski definition) is 1. The van der Waals surface area contributed by atoms with Gasteiger partial charge in [-0.15, -0.1) is 0 Å². The van der Waals surface area contributed by atoms with Crippen molar-refractivity contribution < 1.29 is 4.79 Å². The maximum atomic E-state index is 11.7. The molecule has 0 aliphatic carbocycles. The standard InChI is InChI=1S/C18H25N3O/c1-11(2)10-12(3)14-6-8-15(9-7-14)17-16(18(19)22)13(4)20-21(17)5/h6-9,11-12H,10H2,1-5H3,(H2,19,22). The van der Waals surface area contributed by atoms with Crippen LogP contribution in [-0.2, 0) is 7.05 Å². The Kier molecular flexibility index (Phi) is 4.69. The molecule has 2 N–H and O–H groups in total. The van der Waals surface area contributed by atoms with Crippen LogP contribution < -0.4 is 5.73 Å². The van der Waals surface area contributed by atoms with E-state index in [-0.39, 0.29) is 0 Å². The molecule has 0 bridgehead atoms. The third-order valence-electron chi connectivity index (χ3n) is 4.05. The lowest BCUT2D eigenvalue weighted by Crippen LogP contribution is -2.13. The minimum atomic E-state index is -0.433. The fraction of sp³-hybridized carbons (Fsp3) is 0.444. The van der Waals surface area contributed by atoms with E-state index < -0.39 is 5.91 Å². The summed E-state index contributed by atoms with van der Waals surface area (Å²) in [7, 11) is 1.84. The summed E-state index contributed by atoms with van der Waals surface area (Å²) >= 11 is 0. The molecular weight excluding hydrogens is 274 g/mol. The van der Waals surface area contributed by atoms with E-state index >= 15 is 0 Å². The van der Waals surface area contributed by atoms with E-state index in [9.17, 15) is 4.79 Å². The van der Waals surface area contributed by atoms with Gasteiger partial charge >= 0.3 is 0 Å². The Bertz CT molecular complexity index is 668. The molecule has 4 heteroatoms. The second kappa shape index (κ2) is 6.34. The Morgan fingerprint density at radius 1 is 1.23 bits per heavy atom. The number of hydrogen-bond acceptors (Lipinski definition) is 2. The highest BCUT2D eigenvalue weighted by molar-refractivity contribution is 6.00. The van der Waals surface area contributed by atoms with Crippen molar-refractivity contribution in [3.8, 4) is 11.3 Å². The van der Waals surface area contributed by atoms with E-state index in [1.807, 2.05) is 14.0 Å². The number of rotatable bonds is 5.